The Kier molecular flexibility index (Phi) is 3.39. The van der Waals surface area contributed by atoms with Crippen molar-refractivity contribution >= 4 is 11.3 Å². The molecule has 25 heavy (non-hydrogen) atoms. The number of nitrogens with zero attached hydrogens (tertiary/aromatic N) is 1. The third-order valence-electron chi connectivity index (χ3n) is 4.47. The van der Waals surface area contributed by atoms with Gasteiger partial charge in [0.25, 0.3) is 0 Å². The molecule has 2 aromatic carbocycles. The van der Waals surface area contributed by atoms with E-state index < -0.39 is 0 Å². The normalized spacial score (nSPS) is 12.2. The van der Waals surface area contributed by atoms with Crippen molar-refractivity contribution in [2.75, 3.05) is 0 Å². The van der Waals surface area contributed by atoms with E-state index in [2.05, 4.69) is 53.9 Å². The van der Waals surface area contributed by atoms with E-state index in [0.29, 0.717) is 6.61 Å². The van der Waals surface area contributed by atoms with Crippen LogP contribution in [0.25, 0.3) is 33.0 Å². The summed E-state index contributed by atoms with van der Waals surface area (Å²) in [6.07, 6.45) is 0. The SMILES string of the molecule is c1ccc(-c2cc3c(nc2-c2cccs2)-c2ccccc2OC3)cc1. The minimum atomic E-state index is 0.559. The highest BCUT2D eigenvalue weighted by Crippen LogP contribution is 2.41. The highest BCUT2D eigenvalue weighted by Gasteiger charge is 2.22. The maximum Gasteiger partial charge on any atom is 0.129 e. The lowest BCUT2D eigenvalue weighted by Crippen LogP contribution is -2.08. The number of hydrogen-bond acceptors (Lipinski definition) is 3. The van der Waals surface area contributed by atoms with Gasteiger partial charge < -0.3 is 4.74 Å². The molecule has 0 unspecified atom stereocenters. The molecule has 0 bridgehead atoms. The van der Waals surface area contributed by atoms with Crippen LogP contribution in [0.1, 0.15) is 5.56 Å². The van der Waals surface area contributed by atoms with Crippen molar-refractivity contribution in [3.63, 3.8) is 0 Å². The van der Waals surface area contributed by atoms with E-state index in [1.54, 1.807) is 11.3 Å². The van der Waals surface area contributed by atoms with Crippen LogP contribution in [0, 0.1) is 0 Å². The molecule has 0 fully saturated rings. The molecule has 0 aliphatic carbocycles. The first-order valence-corrected chi connectivity index (χ1v) is 9.13. The predicted molar refractivity (Wildman–Crippen MR) is 103 cm³/mol. The second-order valence-corrected chi connectivity index (χ2v) is 6.97. The van der Waals surface area contributed by atoms with E-state index >= 15 is 0 Å². The van der Waals surface area contributed by atoms with Crippen LogP contribution in [0.5, 0.6) is 5.75 Å². The van der Waals surface area contributed by atoms with Gasteiger partial charge >= 0.3 is 0 Å². The number of pyridine rings is 1. The monoisotopic (exact) mass is 341 g/mol. The first-order chi connectivity index (χ1) is 12.4. The van der Waals surface area contributed by atoms with Crippen LogP contribution in [0.4, 0.5) is 0 Å². The maximum atomic E-state index is 5.93. The summed E-state index contributed by atoms with van der Waals surface area (Å²) in [7, 11) is 0. The zero-order valence-corrected chi connectivity index (χ0v) is 14.3. The number of para-hydroxylation sites is 1. The summed E-state index contributed by atoms with van der Waals surface area (Å²) in [6.45, 7) is 0.559. The summed E-state index contributed by atoms with van der Waals surface area (Å²) in [4.78, 5) is 6.29. The van der Waals surface area contributed by atoms with Gasteiger partial charge in [0.05, 0.1) is 16.3 Å². The molecule has 0 saturated carbocycles. The molecule has 0 atom stereocenters. The van der Waals surface area contributed by atoms with Gasteiger partial charge in [-0.25, -0.2) is 4.98 Å². The number of benzene rings is 2. The smallest absolute Gasteiger partial charge is 0.129 e. The number of hydrogen-bond donors (Lipinski definition) is 0. The summed E-state index contributed by atoms with van der Waals surface area (Å²) in [6, 6.07) is 25.0. The zero-order chi connectivity index (χ0) is 16.6. The molecule has 2 nitrogen and oxygen atoms in total. The van der Waals surface area contributed by atoms with Crippen LogP contribution in [0.2, 0.25) is 0 Å². The lowest BCUT2D eigenvalue weighted by molar-refractivity contribution is 0.301. The average Bonchev–Trinajstić information content (AvgIpc) is 3.22. The second-order valence-electron chi connectivity index (χ2n) is 6.02. The van der Waals surface area contributed by atoms with Gasteiger partial charge in [0, 0.05) is 16.7 Å². The molecule has 0 saturated heterocycles. The van der Waals surface area contributed by atoms with Crippen LogP contribution in [-0.2, 0) is 6.61 Å². The Morgan fingerprint density at radius 2 is 1.64 bits per heavy atom. The average molecular weight is 341 g/mol. The van der Waals surface area contributed by atoms with E-state index in [1.807, 2.05) is 24.3 Å². The molecule has 3 heteroatoms. The molecule has 2 aromatic heterocycles. The quantitative estimate of drug-likeness (QED) is 0.444. The van der Waals surface area contributed by atoms with Crippen molar-refractivity contribution in [3.8, 4) is 38.7 Å². The number of fused-ring (bicyclic) bond motifs is 3. The molecule has 1 aliphatic rings. The molecule has 120 valence electrons. The molecular weight excluding hydrogens is 326 g/mol. The van der Waals surface area contributed by atoms with Crippen LogP contribution in [-0.4, -0.2) is 4.98 Å². The van der Waals surface area contributed by atoms with Crippen molar-refractivity contribution < 1.29 is 4.74 Å². The van der Waals surface area contributed by atoms with E-state index in [9.17, 15) is 0 Å². The molecular formula is C22H15NOS. The maximum absolute atomic E-state index is 5.93. The summed E-state index contributed by atoms with van der Waals surface area (Å²) < 4.78 is 5.93. The fraction of sp³-hybridized carbons (Fsp3) is 0.0455. The standard InChI is InChI=1S/C22H15NOS/c1-2-7-15(8-3-1)18-13-16-14-24-19-10-5-4-9-17(19)21(16)23-22(18)20-11-6-12-25-20/h1-13H,14H2. The summed E-state index contributed by atoms with van der Waals surface area (Å²) >= 11 is 1.72. The van der Waals surface area contributed by atoms with Crippen LogP contribution >= 0.6 is 11.3 Å². The van der Waals surface area contributed by atoms with E-state index in [1.165, 1.54) is 10.4 Å². The Morgan fingerprint density at radius 1 is 0.800 bits per heavy atom. The summed E-state index contributed by atoms with van der Waals surface area (Å²) in [5.74, 6) is 0.909. The van der Waals surface area contributed by atoms with E-state index in [4.69, 9.17) is 9.72 Å². The third-order valence-corrected chi connectivity index (χ3v) is 5.34. The number of aromatic nitrogens is 1. The number of ether oxygens (including phenoxy) is 1. The largest absolute Gasteiger partial charge is 0.488 e. The molecule has 0 spiro atoms. The van der Waals surface area contributed by atoms with Crippen LogP contribution in [0.15, 0.2) is 78.2 Å². The van der Waals surface area contributed by atoms with Gasteiger partial charge in [-0.05, 0) is 35.2 Å². The van der Waals surface area contributed by atoms with Crippen molar-refractivity contribution in [3.05, 3.63) is 83.7 Å². The molecule has 1 aliphatic heterocycles. The Balaban J connectivity index is 1.79. The minimum absolute atomic E-state index is 0.559. The Labute approximate surface area is 150 Å². The van der Waals surface area contributed by atoms with E-state index in [0.717, 1.165) is 33.8 Å². The van der Waals surface area contributed by atoms with Gasteiger partial charge in [0.2, 0.25) is 0 Å². The Morgan fingerprint density at radius 3 is 2.48 bits per heavy atom. The highest BCUT2D eigenvalue weighted by molar-refractivity contribution is 7.13. The fourth-order valence-corrected chi connectivity index (χ4v) is 4.01. The van der Waals surface area contributed by atoms with E-state index in [-0.39, 0.29) is 0 Å². The van der Waals surface area contributed by atoms with Crippen LogP contribution in [0.3, 0.4) is 0 Å². The van der Waals surface area contributed by atoms with Gasteiger partial charge in [-0.1, -0.05) is 48.5 Å². The highest BCUT2D eigenvalue weighted by atomic mass is 32.1. The molecule has 4 aromatic rings. The molecule has 0 amide bonds. The predicted octanol–water partition coefficient (Wildman–Crippen LogP) is 6.04. The molecule has 5 rings (SSSR count). The minimum Gasteiger partial charge on any atom is -0.488 e. The zero-order valence-electron chi connectivity index (χ0n) is 13.5. The van der Waals surface area contributed by atoms with Gasteiger partial charge in [-0.2, -0.15) is 0 Å². The fourth-order valence-electron chi connectivity index (χ4n) is 3.28. The van der Waals surface area contributed by atoms with Crippen molar-refractivity contribution in [1.29, 1.82) is 0 Å². The van der Waals surface area contributed by atoms with Gasteiger partial charge in [0.1, 0.15) is 12.4 Å². The number of rotatable bonds is 2. The lowest BCUT2D eigenvalue weighted by Gasteiger charge is -2.22. The van der Waals surface area contributed by atoms with Gasteiger partial charge in [-0.3, -0.25) is 0 Å². The Bertz CT molecular complexity index is 1040. The molecule has 0 N–H and O–H groups in total. The first-order valence-electron chi connectivity index (χ1n) is 8.25. The van der Waals surface area contributed by atoms with Crippen LogP contribution < -0.4 is 4.74 Å². The van der Waals surface area contributed by atoms with Crippen molar-refractivity contribution in [2.24, 2.45) is 0 Å². The third kappa shape index (κ3) is 2.44. The van der Waals surface area contributed by atoms with Gasteiger partial charge in [-0.15, -0.1) is 11.3 Å². The molecule has 3 heterocycles. The topological polar surface area (TPSA) is 22.1 Å². The van der Waals surface area contributed by atoms with Crippen molar-refractivity contribution in [1.82, 2.24) is 4.98 Å². The lowest BCUT2D eigenvalue weighted by atomic mass is 9.96. The number of thiophene rings is 1. The molecule has 0 radical (unpaired) electrons. The first kappa shape index (κ1) is 14.4. The second kappa shape index (κ2) is 5.87. The Hall–Kier alpha value is -2.91. The summed E-state index contributed by atoms with van der Waals surface area (Å²) in [5, 5.41) is 2.10. The summed E-state index contributed by atoms with van der Waals surface area (Å²) in [5.41, 5.74) is 6.62. The van der Waals surface area contributed by atoms with Crippen molar-refractivity contribution in [2.45, 2.75) is 6.61 Å². The van der Waals surface area contributed by atoms with Gasteiger partial charge in [0.15, 0.2) is 0 Å².